The molecule has 0 saturated heterocycles. The first-order chi connectivity index (χ1) is 28.7. The van der Waals surface area contributed by atoms with Gasteiger partial charge >= 0.3 is 0 Å². The Bertz CT molecular complexity index is 2980. The molecule has 0 unspecified atom stereocenters. The quantitative estimate of drug-likeness (QED) is 0.162. The fourth-order valence-corrected chi connectivity index (χ4v) is 11.8. The number of hydrogen-bond donors (Lipinski definition) is 0. The zero-order valence-electron chi connectivity index (χ0n) is 38.5. The highest BCUT2D eigenvalue weighted by atomic mass is 16.3. The van der Waals surface area contributed by atoms with Crippen molar-refractivity contribution >= 4 is 79.2 Å². The van der Waals surface area contributed by atoms with Crippen molar-refractivity contribution in [2.75, 3.05) is 9.80 Å². The van der Waals surface area contributed by atoms with E-state index in [0.717, 1.165) is 30.5 Å². The van der Waals surface area contributed by atoms with E-state index in [2.05, 4.69) is 196 Å². The molecule has 1 aromatic heterocycles. The summed E-state index contributed by atoms with van der Waals surface area (Å²) >= 11 is 0. The molecule has 61 heavy (non-hydrogen) atoms. The van der Waals surface area contributed by atoms with Gasteiger partial charge in [-0.05, 0) is 158 Å². The Labute approximate surface area is 364 Å². The van der Waals surface area contributed by atoms with Crippen LogP contribution in [0.2, 0.25) is 0 Å². The number of anilines is 6. The van der Waals surface area contributed by atoms with Gasteiger partial charge < -0.3 is 14.2 Å². The second kappa shape index (κ2) is 12.5. The van der Waals surface area contributed by atoms with Crippen LogP contribution in [0.25, 0.3) is 21.7 Å². The normalized spacial score (nSPS) is 19.0. The second-order valence-corrected chi connectivity index (χ2v) is 22.8. The summed E-state index contributed by atoms with van der Waals surface area (Å²) in [7, 11) is 0. The summed E-state index contributed by atoms with van der Waals surface area (Å²) in [6.45, 7) is 28.7. The lowest BCUT2D eigenvalue weighted by Crippen LogP contribution is -2.61. The van der Waals surface area contributed by atoms with Gasteiger partial charge in [-0.25, -0.2) is 0 Å². The van der Waals surface area contributed by atoms with Crippen LogP contribution in [0.4, 0.5) is 34.1 Å². The van der Waals surface area contributed by atoms with Gasteiger partial charge in [-0.15, -0.1) is 0 Å². The summed E-state index contributed by atoms with van der Waals surface area (Å²) in [5.41, 5.74) is 20.7. The number of fused-ring (bicyclic) bond motifs is 9. The Morgan fingerprint density at radius 1 is 0.541 bits per heavy atom. The average molecular weight is 801 g/mol. The van der Waals surface area contributed by atoms with Crippen LogP contribution < -0.4 is 26.4 Å². The summed E-state index contributed by atoms with van der Waals surface area (Å²) in [6, 6.07) is 40.2. The largest absolute Gasteiger partial charge is 0.468 e. The van der Waals surface area contributed by atoms with E-state index in [1.165, 1.54) is 101 Å². The standard InChI is InChI=1S/C57H61BN2O/c1-34-28-47-50-48(29-34)60(45-19-15-17-35-16-13-14-18-38(35)45)51-39-30-40-43(57(11,12)27-24-54(40,5)6)33-49(39)61-52(51)58(50)44-31-41-42(56(9,10)26-25-55(41,7)8)32-46(44)59(47)37-22-20-36(21-23-37)53(2,3)4/h13-23,28-33H,24-27H2,1-12H3. The van der Waals surface area contributed by atoms with Crippen molar-refractivity contribution in [3.05, 3.63) is 137 Å². The summed E-state index contributed by atoms with van der Waals surface area (Å²) in [5.74, 6) is 0. The lowest BCUT2D eigenvalue weighted by atomic mass is 9.35. The molecule has 7 aromatic rings. The Morgan fingerprint density at radius 3 is 1.74 bits per heavy atom. The highest BCUT2D eigenvalue weighted by molar-refractivity contribution is 7.00. The molecule has 0 N–H and O–H groups in total. The van der Waals surface area contributed by atoms with Crippen molar-refractivity contribution in [2.24, 2.45) is 0 Å². The topological polar surface area (TPSA) is 19.6 Å². The Morgan fingerprint density at radius 2 is 1.10 bits per heavy atom. The molecule has 11 rings (SSSR count). The minimum Gasteiger partial charge on any atom is -0.468 e. The highest BCUT2D eigenvalue weighted by Gasteiger charge is 2.50. The van der Waals surface area contributed by atoms with E-state index in [-0.39, 0.29) is 33.8 Å². The van der Waals surface area contributed by atoms with Crippen molar-refractivity contribution in [3.8, 4) is 0 Å². The van der Waals surface area contributed by atoms with Gasteiger partial charge in [0.15, 0.2) is 0 Å². The van der Waals surface area contributed by atoms with Gasteiger partial charge in [-0.1, -0.05) is 131 Å². The molecule has 4 aliphatic rings. The van der Waals surface area contributed by atoms with E-state index in [1.807, 2.05) is 0 Å². The van der Waals surface area contributed by atoms with Gasteiger partial charge in [0.05, 0.1) is 17.0 Å². The number of hydrogen-bond acceptors (Lipinski definition) is 3. The molecule has 2 aliphatic heterocycles. The molecule has 2 aliphatic carbocycles. The fourth-order valence-electron chi connectivity index (χ4n) is 11.8. The fraction of sp³-hybridized carbons (Fsp3) is 0.368. The second-order valence-electron chi connectivity index (χ2n) is 22.8. The van der Waals surface area contributed by atoms with E-state index < -0.39 is 0 Å². The number of aryl methyl sites for hydroxylation is 1. The molecule has 308 valence electrons. The molecule has 0 atom stereocenters. The molecule has 0 spiro atoms. The van der Waals surface area contributed by atoms with Crippen molar-refractivity contribution in [1.82, 2.24) is 0 Å². The summed E-state index contributed by atoms with van der Waals surface area (Å²) in [5, 5.41) is 3.69. The Kier molecular flexibility index (Phi) is 7.90. The van der Waals surface area contributed by atoms with Gasteiger partial charge in [0, 0.05) is 33.5 Å². The molecule has 0 amide bonds. The summed E-state index contributed by atoms with van der Waals surface area (Å²) in [4.78, 5) is 5.19. The van der Waals surface area contributed by atoms with Crippen molar-refractivity contribution in [3.63, 3.8) is 0 Å². The minimum absolute atomic E-state index is 0.0477. The molecule has 0 saturated carbocycles. The molecular formula is C57H61BN2O. The first-order valence-corrected chi connectivity index (χ1v) is 22.9. The van der Waals surface area contributed by atoms with E-state index >= 15 is 0 Å². The van der Waals surface area contributed by atoms with Crippen LogP contribution >= 0.6 is 0 Å². The highest BCUT2D eigenvalue weighted by Crippen LogP contribution is 2.54. The maximum atomic E-state index is 7.59. The van der Waals surface area contributed by atoms with Crippen LogP contribution in [0.5, 0.6) is 0 Å². The predicted octanol–water partition coefficient (Wildman–Crippen LogP) is 14.0. The molecule has 6 aromatic carbocycles. The van der Waals surface area contributed by atoms with Gasteiger partial charge in [-0.2, -0.15) is 0 Å². The first-order valence-electron chi connectivity index (χ1n) is 22.9. The van der Waals surface area contributed by atoms with Gasteiger partial charge in [0.2, 0.25) is 0 Å². The summed E-state index contributed by atoms with van der Waals surface area (Å²) in [6.07, 6.45) is 4.66. The molecule has 4 heteroatoms. The first kappa shape index (κ1) is 38.7. The van der Waals surface area contributed by atoms with Crippen molar-refractivity contribution in [2.45, 2.75) is 136 Å². The minimum atomic E-state index is -0.0940. The van der Waals surface area contributed by atoms with E-state index in [1.54, 1.807) is 0 Å². The molecule has 0 bridgehead atoms. The monoisotopic (exact) mass is 800 g/mol. The number of rotatable bonds is 2. The van der Waals surface area contributed by atoms with E-state index in [9.17, 15) is 0 Å². The third-order valence-electron chi connectivity index (χ3n) is 15.7. The molecule has 3 nitrogen and oxygen atoms in total. The molecule has 3 heterocycles. The van der Waals surface area contributed by atoms with E-state index in [4.69, 9.17) is 4.42 Å². The van der Waals surface area contributed by atoms with Crippen LogP contribution in [0.15, 0.2) is 108 Å². The maximum absolute atomic E-state index is 7.59. The number of benzene rings is 6. The van der Waals surface area contributed by atoms with Crippen molar-refractivity contribution in [1.29, 1.82) is 0 Å². The Hall–Kier alpha value is -5.22. The lowest BCUT2D eigenvalue weighted by molar-refractivity contribution is 0.332. The predicted molar refractivity (Wildman–Crippen MR) is 262 cm³/mol. The van der Waals surface area contributed by atoms with Gasteiger partial charge in [-0.3, -0.25) is 0 Å². The Balaban J connectivity index is 1.29. The zero-order chi connectivity index (χ0) is 42.8. The van der Waals surface area contributed by atoms with Gasteiger partial charge in [0.25, 0.3) is 6.71 Å². The van der Waals surface area contributed by atoms with Crippen LogP contribution in [-0.4, -0.2) is 6.71 Å². The van der Waals surface area contributed by atoms with Crippen LogP contribution in [-0.2, 0) is 27.1 Å². The molecule has 0 radical (unpaired) electrons. The van der Waals surface area contributed by atoms with Crippen molar-refractivity contribution < 1.29 is 4.42 Å². The third-order valence-corrected chi connectivity index (χ3v) is 15.7. The lowest BCUT2D eigenvalue weighted by Gasteiger charge is -2.46. The summed E-state index contributed by atoms with van der Waals surface area (Å²) < 4.78 is 7.59. The zero-order valence-corrected chi connectivity index (χ0v) is 38.5. The van der Waals surface area contributed by atoms with Crippen LogP contribution in [0.1, 0.15) is 135 Å². The average Bonchev–Trinajstić information content (AvgIpc) is 3.58. The smallest absolute Gasteiger partial charge is 0.297 e. The number of furan rings is 1. The van der Waals surface area contributed by atoms with Gasteiger partial charge in [0.1, 0.15) is 5.58 Å². The molecular weight excluding hydrogens is 739 g/mol. The van der Waals surface area contributed by atoms with E-state index in [0.29, 0.717) is 0 Å². The maximum Gasteiger partial charge on any atom is 0.297 e. The van der Waals surface area contributed by atoms with Crippen LogP contribution in [0.3, 0.4) is 0 Å². The van der Waals surface area contributed by atoms with Crippen LogP contribution in [0, 0.1) is 6.92 Å². The SMILES string of the molecule is Cc1cc2c3c(c1)N(c1cccc4ccccc14)c1c(oc4cc5c(cc14)C(C)(C)CCC5(C)C)B3c1cc3c(cc1N2c1ccc(C(C)(C)C)cc1)C(C)(C)CCC3(C)C. The third kappa shape index (κ3) is 5.55. The number of nitrogens with zero attached hydrogens (tertiary/aromatic N) is 2. The molecule has 0 fully saturated rings.